The third-order valence-corrected chi connectivity index (χ3v) is 5.47. The van der Waals surface area contributed by atoms with Crippen LogP contribution in [-0.2, 0) is 6.54 Å². The van der Waals surface area contributed by atoms with Crippen molar-refractivity contribution < 1.29 is 9.47 Å². The van der Waals surface area contributed by atoms with Crippen LogP contribution >= 0.6 is 0 Å². The number of fused-ring (bicyclic) bond motifs is 1. The van der Waals surface area contributed by atoms with E-state index in [1.165, 1.54) is 0 Å². The van der Waals surface area contributed by atoms with Crippen LogP contribution in [0.25, 0.3) is 11.0 Å². The number of aromatic nitrogens is 4. The summed E-state index contributed by atoms with van der Waals surface area (Å²) in [7, 11) is 1.64. The number of aryl methyl sites for hydroxylation is 1. The van der Waals surface area contributed by atoms with Gasteiger partial charge in [0.25, 0.3) is 0 Å². The minimum Gasteiger partial charge on any atom is -0.497 e. The standard InChI is InChI=1S/C27H22N6O2/c1-18-3-7-23(8-4-18)35-24-12-14-30-27-25(24)26(31-20-11-13-29-21(15-20)16-28)32-33(27)17-19-5-9-22(34-2)10-6-19/h3-15H,17H2,1-2H3,(H,29,31,32). The van der Waals surface area contributed by atoms with Gasteiger partial charge in [0.15, 0.2) is 11.5 Å². The van der Waals surface area contributed by atoms with Gasteiger partial charge in [-0.3, -0.25) is 0 Å². The lowest BCUT2D eigenvalue weighted by atomic mass is 10.2. The van der Waals surface area contributed by atoms with Gasteiger partial charge in [0.1, 0.15) is 34.4 Å². The number of nitrogens with one attached hydrogen (secondary N) is 1. The molecule has 5 aromatic rings. The molecule has 0 bridgehead atoms. The van der Waals surface area contributed by atoms with Gasteiger partial charge >= 0.3 is 0 Å². The highest BCUT2D eigenvalue weighted by Crippen LogP contribution is 2.35. The zero-order valence-corrected chi connectivity index (χ0v) is 19.3. The molecule has 3 aromatic heterocycles. The summed E-state index contributed by atoms with van der Waals surface area (Å²) in [4.78, 5) is 8.66. The first kappa shape index (κ1) is 21.9. The highest BCUT2D eigenvalue weighted by Gasteiger charge is 2.18. The molecule has 0 aliphatic heterocycles. The quantitative estimate of drug-likeness (QED) is 0.336. The van der Waals surface area contributed by atoms with E-state index in [4.69, 9.17) is 14.6 Å². The molecule has 0 aliphatic carbocycles. The molecule has 3 heterocycles. The monoisotopic (exact) mass is 462 g/mol. The van der Waals surface area contributed by atoms with Crippen molar-refractivity contribution in [2.24, 2.45) is 0 Å². The van der Waals surface area contributed by atoms with Crippen molar-refractivity contribution in [3.63, 3.8) is 0 Å². The maximum atomic E-state index is 9.23. The zero-order valence-electron chi connectivity index (χ0n) is 19.3. The van der Waals surface area contributed by atoms with Crippen LogP contribution in [0.3, 0.4) is 0 Å². The van der Waals surface area contributed by atoms with E-state index in [1.807, 2.05) is 66.2 Å². The second-order valence-electron chi connectivity index (χ2n) is 7.94. The second-order valence-corrected chi connectivity index (χ2v) is 7.94. The first-order chi connectivity index (χ1) is 17.1. The second kappa shape index (κ2) is 9.53. The highest BCUT2D eigenvalue weighted by molar-refractivity contribution is 5.95. The molecule has 0 amide bonds. The summed E-state index contributed by atoms with van der Waals surface area (Å²) in [6, 6.07) is 23.0. The normalized spacial score (nSPS) is 10.7. The SMILES string of the molecule is COc1ccc(Cn2nc(Nc3ccnc(C#N)c3)c3c(Oc4ccc(C)cc4)ccnc32)cc1. The number of nitriles is 1. The minimum absolute atomic E-state index is 0.311. The maximum absolute atomic E-state index is 9.23. The molecule has 35 heavy (non-hydrogen) atoms. The number of nitrogens with zero attached hydrogens (tertiary/aromatic N) is 5. The molecule has 0 atom stereocenters. The first-order valence-electron chi connectivity index (χ1n) is 11.0. The predicted molar refractivity (Wildman–Crippen MR) is 133 cm³/mol. The molecule has 5 rings (SSSR count). The fraction of sp³-hybridized carbons (Fsp3) is 0.111. The van der Waals surface area contributed by atoms with E-state index in [0.29, 0.717) is 40.9 Å². The number of methoxy groups -OCH3 is 1. The van der Waals surface area contributed by atoms with E-state index in [0.717, 1.165) is 22.3 Å². The van der Waals surface area contributed by atoms with Gasteiger partial charge in [-0.15, -0.1) is 0 Å². The number of anilines is 2. The van der Waals surface area contributed by atoms with Crippen molar-refractivity contribution in [2.75, 3.05) is 12.4 Å². The van der Waals surface area contributed by atoms with Crippen LogP contribution in [0.15, 0.2) is 79.1 Å². The number of ether oxygens (including phenoxy) is 2. The number of hydrogen-bond acceptors (Lipinski definition) is 7. The molecule has 0 aliphatic rings. The molecule has 172 valence electrons. The lowest BCUT2D eigenvalue weighted by Crippen LogP contribution is -2.03. The van der Waals surface area contributed by atoms with E-state index >= 15 is 0 Å². The molecule has 8 nitrogen and oxygen atoms in total. The van der Waals surface area contributed by atoms with Crippen molar-refractivity contribution >= 4 is 22.5 Å². The summed E-state index contributed by atoms with van der Waals surface area (Å²) < 4.78 is 13.3. The van der Waals surface area contributed by atoms with Crippen LogP contribution in [0, 0.1) is 18.3 Å². The Kier molecular flexibility index (Phi) is 5.97. The molecule has 0 fully saturated rings. The molecule has 0 radical (unpaired) electrons. The predicted octanol–water partition coefficient (Wildman–Crippen LogP) is 5.60. The lowest BCUT2D eigenvalue weighted by Gasteiger charge is -2.09. The first-order valence-corrected chi connectivity index (χ1v) is 11.0. The van der Waals surface area contributed by atoms with Crippen molar-refractivity contribution in [2.45, 2.75) is 13.5 Å². The fourth-order valence-electron chi connectivity index (χ4n) is 3.70. The van der Waals surface area contributed by atoms with E-state index in [2.05, 4.69) is 21.4 Å². The maximum Gasteiger partial charge on any atom is 0.165 e. The highest BCUT2D eigenvalue weighted by atomic mass is 16.5. The van der Waals surface area contributed by atoms with Gasteiger partial charge in [0.05, 0.1) is 13.7 Å². The third-order valence-electron chi connectivity index (χ3n) is 5.47. The van der Waals surface area contributed by atoms with Gasteiger partial charge in [-0.05, 0) is 48.9 Å². The molecule has 2 aromatic carbocycles. The van der Waals surface area contributed by atoms with Crippen LogP contribution < -0.4 is 14.8 Å². The Bertz CT molecular complexity index is 1520. The van der Waals surface area contributed by atoms with E-state index in [1.54, 1.807) is 31.6 Å². The van der Waals surface area contributed by atoms with Gasteiger partial charge in [0.2, 0.25) is 0 Å². The summed E-state index contributed by atoms with van der Waals surface area (Å²) >= 11 is 0. The topological polar surface area (TPSA) is 97.9 Å². The average molecular weight is 463 g/mol. The molecular formula is C27H22N6O2. The molecule has 0 saturated heterocycles. The van der Waals surface area contributed by atoms with E-state index < -0.39 is 0 Å². The van der Waals surface area contributed by atoms with Gasteiger partial charge in [0, 0.05) is 24.1 Å². The van der Waals surface area contributed by atoms with E-state index in [-0.39, 0.29) is 0 Å². The van der Waals surface area contributed by atoms with Crippen LogP contribution in [0.5, 0.6) is 17.2 Å². The summed E-state index contributed by atoms with van der Waals surface area (Å²) in [5.41, 5.74) is 3.87. The minimum atomic E-state index is 0.311. The Morgan fingerprint density at radius 3 is 2.43 bits per heavy atom. The van der Waals surface area contributed by atoms with Crippen LogP contribution in [-0.4, -0.2) is 26.9 Å². The number of pyridine rings is 2. The van der Waals surface area contributed by atoms with Crippen molar-refractivity contribution in [1.29, 1.82) is 5.26 Å². The van der Waals surface area contributed by atoms with Crippen molar-refractivity contribution in [1.82, 2.24) is 19.7 Å². The van der Waals surface area contributed by atoms with Crippen LogP contribution in [0.1, 0.15) is 16.8 Å². The van der Waals surface area contributed by atoms with Gasteiger partial charge in [-0.1, -0.05) is 29.8 Å². The van der Waals surface area contributed by atoms with Crippen molar-refractivity contribution in [3.8, 4) is 23.3 Å². The molecular weight excluding hydrogens is 440 g/mol. The smallest absolute Gasteiger partial charge is 0.165 e. The molecule has 0 saturated carbocycles. The molecule has 8 heteroatoms. The van der Waals surface area contributed by atoms with Crippen LogP contribution in [0.4, 0.5) is 11.5 Å². The number of hydrogen-bond donors (Lipinski definition) is 1. The van der Waals surface area contributed by atoms with Gasteiger partial charge < -0.3 is 14.8 Å². The zero-order chi connectivity index (χ0) is 24.2. The third kappa shape index (κ3) is 4.75. The van der Waals surface area contributed by atoms with Crippen LogP contribution in [0.2, 0.25) is 0 Å². The largest absolute Gasteiger partial charge is 0.497 e. The Morgan fingerprint density at radius 1 is 0.943 bits per heavy atom. The fourth-order valence-corrected chi connectivity index (χ4v) is 3.70. The number of benzene rings is 2. The summed E-state index contributed by atoms with van der Waals surface area (Å²) in [5, 5.41) is 18.1. The average Bonchev–Trinajstić information content (AvgIpc) is 3.23. The lowest BCUT2D eigenvalue weighted by molar-refractivity contribution is 0.414. The Balaban J connectivity index is 1.58. The van der Waals surface area contributed by atoms with Crippen molar-refractivity contribution in [3.05, 3.63) is 95.9 Å². The summed E-state index contributed by atoms with van der Waals surface area (Å²) in [6.07, 6.45) is 3.29. The summed E-state index contributed by atoms with van der Waals surface area (Å²) in [5.74, 6) is 2.70. The van der Waals surface area contributed by atoms with E-state index in [9.17, 15) is 5.26 Å². The number of rotatable bonds is 7. The Labute approximate surface area is 202 Å². The molecule has 1 N–H and O–H groups in total. The summed E-state index contributed by atoms with van der Waals surface area (Å²) in [6.45, 7) is 2.53. The molecule has 0 spiro atoms. The Morgan fingerprint density at radius 2 is 1.69 bits per heavy atom. The molecule has 0 unspecified atom stereocenters. The Hall–Kier alpha value is -4.90. The van der Waals surface area contributed by atoms with Gasteiger partial charge in [-0.25, -0.2) is 14.6 Å². The van der Waals surface area contributed by atoms with Gasteiger partial charge in [-0.2, -0.15) is 10.4 Å².